The second-order valence-electron chi connectivity index (χ2n) is 29.5. The zero-order valence-corrected chi connectivity index (χ0v) is 62.8. The average Bonchev–Trinajstić information content (AvgIpc) is 3.61. The van der Waals surface area contributed by atoms with Crippen molar-refractivity contribution in [2.75, 3.05) is 13.2 Å². The third kappa shape index (κ3) is 77.3. The van der Waals surface area contributed by atoms with Crippen molar-refractivity contribution in [2.45, 2.75) is 501 Å². The van der Waals surface area contributed by atoms with Gasteiger partial charge in [0.15, 0.2) is 0 Å². The summed E-state index contributed by atoms with van der Waals surface area (Å²) in [4.78, 5) is 24.7. The minimum absolute atomic E-state index is 0.0152. The minimum atomic E-state index is -0.663. The van der Waals surface area contributed by atoms with Crippen molar-refractivity contribution in [3.8, 4) is 0 Å². The van der Waals surface area contributed by atoms with E-state index in [0.29, 0.717) is 25.9 Å². The van der Waals surface area contributed by atoms with Gasteiger partial charge in [-0.3, -0.25) is 9.59 Å². The van der Waals surface area contributed by atoms with Crippen LogP contribution in [0.2, 0.25) is 0 Å². The summed E-state index contributed by atoms with van der Waals surface area (Å²) in [5.74, 6) is -0.00994. The van der Waals surface area contributed by atoms with Gasteiger partial charge in [0.2, 0.25) is 5.91 Å². The Morgan fingerprint density at radius 2 is 0.511 bits per heavy atom. The Morgan fingerprint density at radius 3 is 0.772 bits per heavy atom. The molecule has 0 aliphatic heterocycles. The summed E-state index contributed by atoms with van der Waals surface area (Å²) in [5.41, 5.74) is 0. The lowest BCUT2D eigenvalue weighted by molar-refractivity contribution is -0.143. The number of rotatable bonds is 81. The predicted molar refractivity (Wildman–Crippen MR) is 407 cm³/mol. The summed E-state index contributed by atoms with van der Waals surface area (Å²) in [6.07, 6.45) is 106. The first-order valence-corrected chi connectivity index (χ1v) is 42.6. The van der Waals surface area contributed by atoms with Crippen LogP contribution >= 0.6 is 0 Å². The number of esters is 1. The van der Waals surface area contributed by atoms with E-state index in [1.165, 1.54) is 411 Å². The molecule has 0 radical (unpaired) electrons. The summed E-state index contributed by atoms with van der Waals surface area (Å²) in [6, 6.07) is -0.539. The molecule has 1 amide bonds. The highest BCUT2D eigenvalue weighted by atomic mass is 16.5. The molecule has 2 unspecified atom stereocenters. The van der Waals surface area contributed by atoms with Crippen molar-refractivity contribution in [1.29, 1.82) is 0 Å². The molecule has 0 aliphatic carbocycles. The van der Waals surface area contributed by atoms with Crippen molar-refractivity contribution in [3.63, 3.8) is 0 Å². The van der Waals surface area contributed by atoms with Crippen LogP contribution < -0.4 is 5.32 Å². The normalized spacial score (nSPS) is 12.5. The van der Waals surface area contributed by atoms with Gasteiger partial charge < -0.3 is 20.3 Å². The third-order valence-corrected chi connectivity index (χ3v) is 20.2. The molecule has 546 valence electrons. The number of hydrogen-bond donors (Lipinski definition) is 3. The Balaban J connectivity index is 3.33. The number of carbonyl (C=O) groups is 2. The molecule has 0 fully saturated rings. The molecule has 0 aliphatic rings. The van der Waals surface area contributed by atoms with E-state index in [1.807, 2.05) is 0 Å². The van der Waals surface area contributed by atoms with Crippen LogP contribution in [-0.2, 0) is 14.3 Å². The smallest absolute Gasteiger partial charge is 0.305 e. The van der Waals surface area contributed by atoms with Crippen LogP contribution in [0.5, 0.6) is 0 Å². The fraction of sp³-hybridized carbons (Fsp3) is 0.930. The molecule has 2 atom stereocenters. The molecule has 92 heavy (non-hydrogen) atoms. The molecule has 0 spiro atoms. The fourth-order valence-corrected chi connectivity index (χ4v) is 13.8. The van der Waals surface area contributed by atoms with Crippen LogP contribution in [0, 0.1) is 0 Å². The Kier molecular flexibility index (Phi) is 80.3. The van der Waals surface area contributed by atoms with E-state index in [4.69, 9.17) is 4.74 Å². The van der Waals surface area contributed by atoms with Crippen molar-refractivity contribution < 1.29 is 24.5 Å². The van der Waals surface area contributed by atoms with Crippen LogP contribution in [0.3, 0.4) is 0 Å². The van der Waals surface area contributed by atoms with Gasteiger partial charge in [-0.2, -0.15) is 0 Å². The first kappa shape index (κ1) is 90.3. The van der Waals surface area contributed by atoms with Crippen LogP contribution in [0.15, 0.2) is 24.3 Å². The number of allylic oxidation sites excluding steroid dienone is 4. The third-order valence-electron chi connectivity index (χ3n) is 20.2. The van der Waals surface area contributed by atoms with Gasteiger partial charge in [-0.05, 0) is 77.0 Å². The van der Waals surface area contributed by atoms with E-state index in [0.717, 1.165) is 44.9 Å². The largest absolute Gasteiger partial charge is 0.466 e. The molecule has 6 heteroatoms. The van der Waals surface area contributed by atoms with Crippen LogP contribution in [0.25, 0.3) is 0 Å². The molecule has 0 saturated carbocycles. The topological polar surface area (TPSA) is 95.9 Å². The SMILES string of the molecule is CCCCCCCCC/C=C\CCCCCCCC(=O)OCCCCCCCCCCCCCCCCCC/C=C\CCCCCCCCCCCCCCCCCCCC(=O)NC(CO)C(O)CCCCCCCCCCCCCCCCCCCCCCCC. The molecule has 0 rings (SSSR count). The maximum Gasteiger partial charge on any atom is 0.305 e. The second-order valence-corrected chi connectivity index (χ2v) is 29.5. The van der Waals surface area contributed by atoms with Gasteiger partial charge in [-0.1, -0.05) is 423 Å². The number of unbranched alkanes of at least 4 members (excludes halogenated alkanes) is 66. The van der Waals surface area contributed by atoms with Gasteiger partial charge in [0, 0.05) is 12.8 Å². The summed E-state index contributed by atoms with van der Waals surface area (Å²) in [7, 11) is 0. The molecule has 0 aromatic carbocycles. The van der Waals surface area contributed by atoms with Gasteiger partial charge >= 0.3 is 5.97 Å². The van der Waals surface area contributed by atoms with E-state index >= 15 is 0 Å². The number of nitrogens with one attached hydrogen (secondary N) is 1. The van der Waals surface area contributed by atoms with Gasteiger partial charge in [0.25, 0.3) is 0 Å². The lowest BCUT2D eigenvalue weighted by Crippen LogP contribution is -2.45. The quantitative estimate of drug-likeness (QED) is 0.0320. The van der Waals surface area contributed by atoms with Crippen molar-refractivity contribution in [1.82, 2.24) is 5.32 Å². The summed E-state index contributed by atoms with van der Waals surface area (Å²) in [6.45, 7) is 5.01. The van der Waals surface area contributed by atoms with Crippen molar-refractivity contribution >= 4 is 11.9 Å². The van der Waals surface area contributed by atoms with E-state index in [-0.39, 0.29) is 18.5 Å². The number of aliphatic hydroxyl groups is 2. The highest BCUT2D eigenvalue weighted by Crippen LogP contribution is 2.21. The second kappa shape index (κ2) is 81.8. The Hall–Kier alpha value is -1.66. The molecule has 0 bridgehead atoms. The molecule has 0 saturated heterocycles. The highest BCUT2D eigenvalue weighted by Gasteiger charge is 2.20. The number of hydrogen-bond acceptors (Lipinski definition) is 5. The van der Waals surface area contributed by atoms with Crippen LogP contribution in [0.4, 0.5) is 0 Å². The van der Waals surface area contributed by atoms with E-state index in [9.17, 15) is 19.8 Å². The molecular weight excluding hydrogens is 1130 g/mol. The zero-order chi connectivity index (χ0) is 66.3. The lowest BCUT2D eigenvalue weighted by Gasteiger charge is -2.22. The van der Waals surface area contributed by atoms with Gasteiger partial charge in [-0.25, -0.2) is 0 Å². The Bertz CT molecular complexity index is 1450. The summed E-state index contributed by atoms with van der Waals surface area (Å²) < 4.78 is 5.51. The number of aliphatic hydroxyl groups excluding tert-OH is 2. The predicted octanol–water partition coefficient (Wildman–Crippen LogP) is 28.4. The Morgan fingerprint density at radius 1 is 0.293 bits per heavy atom. The highest BCUT2D eigenvalue weighted by molar-refractivity contribution is 5.76. The molecule has 0 heterocycles. The molecule has 6 nitrogen and oxygen atoms in total. The average molecular weight is 1300 g/mol. The van der Waals surface area contributed by atoms with Gasteiger partial charge in [-0.15, -0.1) is 0 Å². The van der Waals surface area contributed by atoms with Gasteiger partial charge in [0.1, 0.15) is 0 Å². The summed E-state index contributed by atoms with van der Waals surface area (Å²) in [5, 5.41) is 23.5. The first-order valence-electron chi connectivity index (χ1n) is 42.6. The molecule has 3 N–H and O–H groups in total. The van der Waals surface area contributed by atoms with Crippen molar-refractivity contribution in [3.05, 3.63) is 24.3 Å². The van der Waals surface area contributed by atoms with Crippen LogP contribution in [-0.4, -0.2) is 47.4 Å². The minimum Gasteiger partial charge on any atom is -0.466 e. The van der Waals surface area contributed by atoms with Crippen molar-refractivity contribution in [2.24, 2.45) is 0 Å². The molecular formula is C86H167NO5. The Labute approximate surface area is 577 Å². The monoisotopic (exact) mass is 1290 g/mol. The van der Waals surface area contributed by atoms with E-state index in [2.05, 4.69) is 43.5 Å². The molecule has 0 aromatic rings. The number of carbonyl (C=O) groups excluding carboxylic acids is 2. The number of amides is 1. The van der Waals surface area contributed by atoms with Crippen LogP contribution in [0.1, 0.15) is 489 Å². The molecule has 0 aromatic heterocycles. The van der Waals surface area contributed by atoms with Gasteiger partial charge in [0.05, 0.1) is 25.4 Å². The zero-order valence-electron chi connectivity index (χ0n) is 62.8. The first-order chi connectivity index (χ1) is 45.5. The maximum atomic E-state index is 12.6. The fourth-order valence-electron chi connectivity index (χ4n) is 13.8. The standard InChI is InChI=1S/C86H167NO5/c1-3-5-7-9-11-13-15-17-19-21-22-23-41-44-47-50-54-58-62-66-70-74-78-84(89)83(82-88)87-85(90)79-75-71-67-63-59-55-51-48-45-42-39-37-35-33-31-29-27-25-24-26-28-30-32-34-36-38-40-43-46-49-53-57-61-65-69-73-77-81-92-86(91)80-76-72-68-64-60-56-52-20-18-16-14-12-10-8-6-4-2/h20,24,26,52,83-84,88-89H,3-19,21-23,25,27-51,53-82H2,1-2H3,(H,87,90)/b26-24-,52-20-. The van der Waals surface area contributed by atoms with E-state index < -0.39 is 12.1 Å². The summed E-state index contributed by atoms with van der Waals surface area (Å²) >= 11 is 0. The van der Waals surface area contributed by atoms with E-state index in [1.54, 1.807) is 0 Å². The number of ether oxygens (including phenoxy) is 1. The maximum absolute atomic E-state index is 12.6. The lowest BCUT2D eigenvalue weighted by atomic mass is 10.0.